The van der Waals surface area contributed by atoms with Crippen LogP contribution in [0.4, 0.5) is 0 Å². The highest BCUT2D eigenvalue weighted by molar-refractivity contribution is 7.98. The summed E-state index contributed by atoms with van der Waals surface area (Å²) >= 11 is 1.41. The number of hydrogen-bond acceptors (Lipinski definition) is 6. The van der Waals surface area contributed by atoms with Crippen molar-refractivity contribution in [2.24, 2.45) is 0 Å². The van der Waals surface area contributed by atoms with Crippen molar-refractivity contribution < 1.29 is 13.9 Å². The lowest BCUT2D eigenvalue weighted by Gasteiger charge is -2.11. The van der Waals surface area contributed by atoms with E-state index in [1.54, 1.807) is 17.6 Å². The van der Waals surface area contributed by atoms with Crippen LogP contribution in [0.25, 0.3) is 21.9 Å². The Morgan fingerprint density at radius 2 is 1.83 bits per heavy atom. The molecule has 0 N–H and O–H groups in total. The normalized spacial score (nSPS) is 11.2. The Balaban J connectivity index is 1.76. The van der Waals surface area contributed by atoms with Crippen molar-refractivity contribution in [2.45, 2.75) is 31.3 Å². The number of ether oxygens (including phenoxy) is 1. The van der Waals surface area contributed by atoms with Crippen molar-refractivity contribution in [2.75, 3.05) is 6.61 Å². The third kappa shape index (κ3) is 3.53. The van der Waals surface area contributed by atoms with Crippen molar-refractivity contribution in [1.82, 2.24) is 9.55 Å². The van der Waals surface area contributed by atoms with Gasteiger partial charge in [-0.15, -0.1) is 0 Å². The number of fused-ring (bicyclic) bond motifs is 2. The molecule has 0 saturated heterocycles. The van der Waals surface area contributed by atoms with Crippen molar-refractivity contribution in [1.29, 1.82) is 0 Å². The monoisotopic (exact) mass is 408 g/mol. The fourth-order valence-electron chi connectivity index (χ4n) is 3.28. The summed E-state index contributed by atoms with van der Waals surface area (Å²) in [5.74, 6) is 0.140. The van der Waals surface area contributed by atoms with Gasteiger partial charge in [-0.25, -0.2) is 9.78 Å². The second-order valence-corrected chi connectivity index (χ2v) is 7.32. The number of nitrogens with zero attached hydrogens (tertiary/aromatic N) is 2. The number of aromatic nitrogens is 2. The molecular formula is C22H20N2O4S. The van der Waals surface area contributed by atoms with E-state index in [2.05, 4.69) is 4.98 Å². The molecule has 0 radical (unpaired) electrons. The highest BCUT2D eigenvalue weighted by Crippen LogP contribution is 2.32. The van der Waals surface area contributed by atoms with E-state index >= 15 is 0 Å². The number of esters is 1. The zero-order valence-corrected chi connectivity index (χ0v) is 17.0. The van der Waals surface area contributed by atoms with Crippen LogP contribution in [0.1, 0.15) is 30.0 Å². The van der Waals surface area contributed by atoms with Crippen LogP contribution < -0.4 is 5.56 Å². The standard InChI is InChI=1S/C22H20N2O4S/c1-3-24-20(25)15-10-5-7-11-17(15)23-22(24)29-13-16-14-9-6-8-12-18(14)28-19(16)21(26)27-4-2/h5-12H,3-4,13H2,1-2H3. The molecule has 2 aromatic carbocycles. The lowest BCUT2D eigenvalue weighted by atomic mass is 10.1. The number of para-hydroxylation sites is 2. The fraction of sp³-hybridized carbons (Fsp3) is 0.227. The average molecular weight is 408 g/mol. The molecule has 0 aliphatic rings. The first-order valence-corrected chi connectivity index (χ1v) is 10.4. The lowest BCUT2D eigenvalue weighted by molar-refractivity contribution is 0.0491. The van der Waals surface area contributed by atoms with Crippen molar-refractivity contribution in [3.05, 3.63) is 70.2 Å². The summed E-state index contributed by atoms with van der Waals surface area (Å²) in [4.78, 5) is 29.9. The van der Waals surface area contributed by atoms with E-state index in [0.29, 0.717) is 33.9 Å². The molecule has 0 saturated carbocycles. The maximum absolute atomic E-state index is 12.8. The third-order valence-corrected chi connectivity index (χ3v) is 5.65. The third-order valence-electron chi connectivity index (χ3n) is 4.65. The molecule has 0 amide bonds. The van der Waals surface area contributed by atoms with Crippen LogP contribution in [0.2, 0.25) is 0 Å². The van der Waals surface area contributed by atoms with Gasteiger partial charge < -0.3 is 9.15 Å². The van der Waals surface area contributed by atoms with Crippen LogP contribution in [0.15, 0.2) is 62.9 Å². The molecule has 6 nitrogen and oxygen atoms in total. The molecule has 0 aliphatic carbocycles. The Labute approximate surface area is 171 Å². The van der Waals surface area contributed by atoms with Crippen molar-refractivity contribution in [3.63, 3.8) is 0 Å². The Bertz CT molecular complexity index is 1260. The predicted octanol–water partition coefficient (Wildman–Crippen LogP) is 4.63. The largest absolute Gasteiger partial charge is 0.460 e. The van der Waals surface area contributed by atoms with Crippen molar-refractivity contribution in [3.8, 4) is 0 Å². The number of benzene rings is 2. The number of rotatable bonds is 6. The van der Waals surface area contributed by atoms with Gasteiger partial charge in [-0.3, -0.25) is 9.36 Å². The average Bonchev–Trinajstić information content (AvgIpc) is 3.11. The Morgan fingerprint density at radius 1 is 1.10 bits per heavy atom. The molecule has 4 rings (SSSR count). The van der Waals surface area contributed by atoms with Crippen LogP contribution in [0.5, 0.6) is 0 Å². The Morgan fingerprint density at radius 3 is 2.59 bits per heavy atom. The van der Waals surface area contributed by atoms with Gasteiger partial charge in [0, 0.05) is 23.2 Å². The zero-order chi connectivity index (χ0) is 20.4. The first-order valence-electron chi connectivity index (χ1n) is 9.44. The maximum Gasteiger partial charge on any atom is 0.374 e. The number of carbonyl (C=O) groups is 1. The number of carbonyl (C=O) groups excluding carboxylic acids is 1. The molecule has 29 heavy (non-hydrogen) atoms. The second kappa shape index (κ2) is 8.13. The highest BCUT2D eigenvalue weighted by Gasteiger charge is 2.22. The van der Waals surface area contributed by atoms with Crippen LogP contribution in [0.3, 0.4) is 0 Å². The second-order valence-electron chi connectivity index (χ2n) is 6.38. The van der Waals surface area contributed by atoms with Gasteiger partial charge in [0.05, 0.1) is 17.5 Å². The molecule has 0 fully saturated rings. The summed E-state index contributed by atoms with van der Waals surface area (Å²) in [5.41, 5.74) is 1.97. The van der Waals surface area contributed by atoms with E-state index in [9.17, 15) is 9.59 Å². The van der Waals surface area contributed by atoms with Gasteiger partial charge in [0.1, 0.15) is 5.58 Å². The van der Waals surface area contributed by atoms with E-state index in [1.807, 2.05) is 49.4 Å². The quantitative estimate of drug-likeness (QED) is 0.263. The minimum absolute atomic E-state index is 0.0664. The van der Waals surface area contributed by atoms with E-state index in [0.717, 1.165) is 10.9 Å². The fourth-order valence-corrected chi connectivity index (χ4v) is 4.37. The Kier molecular flexibility index (Phi) is 5.40. The summed E-state index contributed by atoms with van der Waals surface area (Å²) in [5, 5.41) is 2.06. The Hall–Kier alpha value is -3.06. The summed E-state index contributed by atoms with van der Waals surface area (Å²) in [7, 11) is 0. The molecule has 4 aromatic rings. The van der Waals surface area contributed by atoms with E-state index in [4.69, 9.17) is 9.15 Å². The molecule has 0 bridgehead atoms. The SMILES string of the molecule is CCOC(=O)c1oc2ccccc2c1CSc1nc2ccccc2c(=O)n1CC. The maximum atomic E-state index is 12.8. The van der Waals surface area contributed by atoms with Gasteiger partial charge >= 0.3 is 5.97 Å². The van der Waals surface area contributed by atoms with Gasteiger partial charge in [-0.2, -0.15) is 0 Å². The van der Waals surface area contributed by atoms with Crippen LogP contribution in [-0.2, 0) is 17.0 Å². The number of hydrogen-bond donors (Lipinski definition) is 0. The smallest absolute Gasteiger partial charge is 0.374 e. The molecule has 0 spiro atoms. The summed E-state index contributed by atoms with van der Waals surface area (Å²) in [6.45, 7) is 4.45. The zero-order valence-electron chi connectivity index (χ0n) is 16.2. The molecule has 0 aliphatic heterocycles. The molecule has 2 heterocycles. The van der Waals surface area contributed by atoms with Crippen LogP contribution >= 0.6 is 11.8 Å². The first kappa shape index (κ1) is 19.3. The van der Waals surface area contributed by atoms with Crippen LogP contribution in [-0.4, -0.2) is 22.1 Å². The van der Waals surface area contributed by atoms with Gasteiger partial charge in [0.2, 0.25) is 5.76 Å². The highest BCUT2D eigenvalue weighted by atomic mass is 32.2. The number of furan rings is 1. The minimum atomic E-state index is -0.487. The van der Waals surface area contributed by atoms with Crippen LogP contribution in [0, 0.1) is 0 Å². The molecule has 2 aromatic heterocycles. The molecule has 0 atom stereocenters. The minimum Gasteiger partial charge on any atom is -0.460 e. The van der Waals surface area contributed by atoms with Gasteiger partial charge in [0.25, 0.3) is 5.56 Å². The molecule has 148 valence electrons. The summed E-state index contributed by atoms with van der Waals surface area (Å²) in [6, 6.07) is 14.8. The van der Waals surface area contributed by atoms with E-state index in [1.165, 1.54) is 11.8 Å². The van der Waals surface area contributed by atoms with Gasteiger partial charge in [-0.1, -0.05) is 42.1 Å². The van der Waals surface area contributed by atoms with E-state index < -0.39 is 5.97 Å². The lowest BCUT2D eigenvalue weighted by Crippen LogP contribution is -2.22. The van der Waals surface area contributed by atoms with Gasteiger partial charge in [-0.05, 0) is 32.0 Å². The number of thioether (sulfide) groups is 1. The summed E-state index contributed by atoms with van der Waals surface area (Å²) < 4.78 is 12.6. The van der Waals surface area contributed by atoms with Crippen molar-refractivity contribution >= 4 is 39.6 Å². The van der Waals surface area contributed by atoms with Gasteiger partial charge in [0.15, 0.2) is 5.16 Å². The topological polar surface area (TPSA) is 74.3 Å². The van der Waals surface area contributed by atoms with E-state index in [-0.39, 0.29) is 17.9 Å². The molecule has 7 heteroatoms. The molecular weight excluding hydrogens is 388 g/mol. The first-order chi connectivity index (χ1) is 14.1. The predicted molar refractivity (Wildman–Crippen MR) is 113 cm³/mol. The summed E-state index contributed by atoms with van der Waals surface area (Å²) in [6.07, 6.45) is 0. The molecule has 0 unspecified atom stereocenters.